The van der Waals surface area contributed by atoms with Gasteiger partial charge in [-0.25, -0.2) is 4.98 Å². The summed E-state index contributed by atoms with van der Waals surface area (Å²) in [6.45, 7) is 13.3. The van der Waals surface area contributed by atoms with Crippen LogP contribution in [0.4, 0.5) is 5.95 Å². The van der Waals surface area contributed by atoms with Crippen LogP contribution >= 0.6 is 0 Å². The van der Waals surface area contributed by atoms with Gasteiger partial charge in [0, 0.05) is 90.9 Å². The molecule has 0 unspecified atom stereocenters. The van der Waals surface area contributed by atoms with Crippen LogP contribution in [0.25, 0.3) is 11.2 Å². The maximum Gasteiger partial charge on any atom is 0.247 e. The molecular formula is C58H71N9O5. The standard InChI is InChI=1S/C58H71N9O5/c1-45(2)57(70)66(41-49-25-14-6-15-26-49)36-35-65(40-48-23-12-5-13-24-48)34-33-64(39-47-21-10-4-11-22-47)32-31-63(38-46-19-8-3-9-20-46)30-18-29-59-58-61-55-54(56(62-58)71-43-50-27-16-7-17-28-50)60-44-67(55)53-37-51(69)52(42-68)72-53/h3-17,19-28,44-45,51-53,68-69H,18,29-43H2,1-2H3,(H,59,61,62)/t51-,52+,53+/m0/s1. The highest BCUT2D eigenvalue weighted by atomic mass is 16.5. The molecule has 1 aliphatic heterocycles. The lowest BCUT2D eigenvalue weighted by Gasteiger charge is -2.32. The number of aliphatic hydroxyl groups is 2. The highest BCUT2D eigenvalue weighted by Gasteiger charge is 2.36. The van der Waals surface area contributed by atoms with Gasteiger partial charge in [-0.15, -0.1) is 0 Å². The Balaban J connectivity index is 0.957. The van der Waals surface area contributed by atoms with Crippen molar-refractivity contribution in [2.75, 3.05) is 64.3 Å². The molecule has 2 aromatic heterocycles. The fourth-order valence-corrected chi connectivity index (χ4v) is 9.16. The third-order valence-corrected chi connectivity index (χ3v) is 13.2. The molecule has 8 rings (SSSR count). The first-order chi connectivity index (χ1) is 35.3. The van der Waals surface area contributed by atoms with E-state index >= 15 is 0 Å². The molecule has 0 spiro atoms. The first kappa shape index (κ1) is 51.8. The van der Waals surface area contributed by atoms with Gasteiger partial charge in [-0.3, -0.25) is 24.1 Å². The van der Waals surface area contributed by atoms with Gasteiger partial charge in [0.05, 0.1) is 19.0 Å². The predicted octanol–water partition coefficient (Wildman–Crippen LogP) is 8.04. The quantitative estimate of drug-likeness (QED) is 0.0409. The Morgan fingerprint density at radius 1 is 0.667 bits per heavy atom. The Labute approximate surface area is 424 Å². The Morgan fingerprint density at radius 2 is 1.14 bits per heavy atom. The lowest BCUT2D eigenvalue weighted by atomic mass is 10.1. The summed E-state index contributed by atoms with van der Waals surface area (Å²) in [7, 11) is 0. The summed E-state index contributed by atoms with van der Waals surface area (Å²) in [5.74, 6) is 0.839. The highest BCUT2D eigenvalue weighted by molar-refractivity contribution is 5.78. The molecule has 5 aromatic carbocycles. The molecular weight excluding hydrogens is 903 g/mol. The van der Waals surface area contributed by atoms with Gasteiger partial charge in [0.15, 0.2) is 11.2 Å². The lowest BCUT2D eigenvalue weighted by molar-refractivity contribution is -0.135. The topological polar surface area (TPSA) is 145 Å². The normalized spacial score (nSPS) is 15.8. The Morgan fingerprint density at radius 3 is 1.62 bits per heavy atom. The molecule has 3 N–H and O–H groups in total. The average molecular weight is 974 g/mol. The SMILES string of the molecule is CC(C)C(=O)N(CCN(CCN(CCN(CCCNc1nc(OCc2ccccc2)c2ncn([C@H]3C[C@H](O)[C@@H](CO)O3)c2n1)Cc1ccccc1)Cc1ccccc1)Cc1ccccc1)Cc1ccccc1. The molecule has 14 nitrogen and oxygen atoms in total. The summed E-state index contributed by atoms with van der Waals surface area (Å²) < 4.78 is 14.1. The summed E-state index contributed by atoms with van der Waals surface area (Å²) in [5.41, 5.74) is 6.93. The molecule has 0 saturated carbocycles. The molecule has 378 valence electrons. The number of aliphatic hydroxyl groups excluding tert-OH is 2. The molecule has 3 atom stereocenters. The summed E-state index contributed by atoms with van der Waals surface area (Å²) in [6, 6.07) is 52.2. The molecule has 0 radical (unpaired) electrons. The van der Waals surface area contributed by atoms with E-state index in [1.165, 1.54) is 16.7 Å². The molecule has 0 bridgehead atoms. The van der Waals surface area contributed by atoms with Crippen LogP contribution < -0.4 is 10.1 Å². The number of carbonyl (C=O) groups is 1. The zero-order valence-electron chi connectivity index (χ0n) is 41.8. The van der Waals surface area contributed by atoms with Crippen molar-refractivity contribution >= 4 is 23.0 Å². The lowest BCUT2D eigenvalue weighted by Crippen LogP contribution is -2.43. The average Bonchev–Trinajstić information content (AvgIpc) is 4.02. The number of nitrogens with zero attached hydrogens (tertiary/aromatic N) is 8. The van der Waals surface area contributed by atoms with E-state index in [4.69, 9.17) is 19.4 Å². The predicted molar refractivity (Wildman–Crippen MR) is 283 cm³/mol. The molecule has 1 amide bonds. The van der Waals surface area contributed by atoms with E-state index in [0.29, 0.717) is 55.7 Å². The van der Waals surface area contributed by atoms with Crippen molar-refractivity contribution in [3.63, 3.8) is 0 Å². The maximum absolute atomic E-state index is 13.6. The van der Waals surface area contributed by atoms with Crippen LogP contribution in [0.3, 0.4) is 0 Å². The molecule has 3 heterocycles. The van der Waals surface area contributed by atoms with Gasteiger partial charge < -0.3 is 29.9 Å². The number of hydrogen-bond acceptors (Lipinski definition) is 12. The number of hydrogen-bond donors (Lipinski definition) is 3. The minimum Gasteiger partial charge on any atom is -0.471 e. The monoisotopic (exact) mass is 974 g/mol. The number of anilines is 1. The highest BCUT2D eigenvalue weighted by Crippen LogP contribution is 2.33. The van der Waals surface area contributed by atoms with Crippen molar-refractivity contribution in [2.45, 2.75) is 77.9 Å². The van der Waals surface area contributed by atoms with E-state index in [2.05, 4.69) is 128 Å². The number of imidazole rings is 1. The number of nitrogens with one attached hydrogen (secondary N) is 1. The van der Waals surface area contributed by atoms with Gasteiger partial charge in [-0.1, -0.05) is 166 Å². The summed E-state index contributed by atoms with van der Waals surface area (Å²) in [6.07, 6.45) is 0.705. The number of ether oxygens (including phenoxy) is 2. The molecule has 1 aliphatic rings. The molecule has 7 aromatic rings. The first-order valence-corrected chi connectivity index (χ1v) is 25.5. The van der Waals surface area contributed by atoms with Crippen molar-refractivity contribution in [1.82, 2.24) is 39.1 Å². The van der Waals surface area contributed by atoms with Crippen molar-refractivity contribution in [3.8, 4) is 5.88 Å². The molecule has 0 aliphatic carbocycles. The zero-order valence-corrected chi connectivity index (χ0v) is 41.8. The van der Waals surface area contributed by atoms with Gasteiger partial charge in [0.25, 0.3) is 0 Å². The number of rotatable bonds is 28. The minimum absolute atomic E-state index is 0.0893. The summed E-state index contributed by atoms with van der Waals surface area (Å²) in [4.78, 5) is 37.6. The van der Waals surface area contributed by atoms with E-state index in [0.717, 1.165) is 76.5 Å². The van der Waals surface area contributed by atoms with E-state index in [-0.39, 0.29) is 18.4 Å². The van der Waals surface area contributed by atoms with Crippen LogP contribution in [0.1, 0.15) is 60.7 Å². The van der Waals surface area contributed by atoms with E-state index < -0.39 is 18.4 Å². The van der Waals surface area contributed by atoms with Crippen LogP contribution in [0.15, 0.2) is 158 Å². The van der Waals surface area contributed by atoms with Crippen LogP contribution in [0, 0.1) is 5.92 Å². The summed E-state index contributed by atoms with van der Waals surface area (Å²) >= 11 is 0. The van der Waals surface area contributed by atoms with E-state index in [9.17, 15) is 15.0 Å². The second-order valence-corrected chi connectivity index (χ2v) is 19.0. The second-order valence-electron chi connectivity index (χ2n) is 19.0. The number of aromatic nitrogens is 4. The molecule has 72 heavy (non-hydrogen) atoms. The van der Waals surface area contributed by atoms with Gasteiger partial charge in [0.1, 0.15) is 18.9 Å². The Bertz CT molecular complexity index is 2660. The summed E-state index contributed by atoms with van der Waals surface area (Å²) in [5, 5.41) is 23.8. The van der Waals surface area contributed by atoms with Gasteiger partial charge in [-0.2, -0.15) is 9.97 Å². The third-order valence-electron chi connectivity index (χ3n) is 13.2. The van der Waals surface area contributed by atoms with Gasteiger partial charge in [-0.05, 0) is 34.2 Å². The first-order valence-electron chi connectivity index (χ1n) is 25.5. The third kappa shape index (κ3) is 15.2. The fourth-order valence-electron chi connectivity index (χ4n) is 9.16. The fraction of sp³-hybridized carbons (Fsp3) is 0.379. The van der Waals surface area contributed by atoms with Crippen LogP contribution in [-0.2, 0) is 42.3 Å². The van der Waals surface area contributed by atoms with Crippen molar-refractivity contribution in [2.24, 2.45) is 5.92 Å². The zero-order chi connectivity index (χ0) is 49.9. The second kappa shape index (κ2) is 26.8. The molecule has 1 saturated heterocycles. The minimum atomic E-state index is -0.807. The van der Waals surface area contributed by atoms with Crippen LogP contribution in [0.2, 0.25) is 0 Å². The largest absolute Gasteiger partial charge is 0.471 e. The number of carbonyl (C=O) groups excluding carboxylic acids is 1. The number of benzene rings is 5. The number of fused-ring (bicyclic) bond motifs is 1. The molecule has 1 fully saturated rings. The van der Waals surface area contributed by atoms with Crippen molar-refractivity contribution in [1.29, 1.82) is 0 Å². The van der Waals surface area contributed by atoms with Crippen molar-refractivity contribution < 1.29 is 24.5 Å². The van der Waals surface area contributed by atoms with E-state index in [1.807, 2.05) is 67.3 Å². The van der Waals surface area contributed by atoms with Crippen molar-refractivity contribution in [3.05, 3.63) is 186 Å². The van der Waals surface area contributed by atoms with Crippen LogP contribution in [0.5, 0.6) is 5.88 Å². The Hall–Kier alpha value is -6.52. The number of amides is 1. The van der Waals surface area contributed by atoms with Crippen LogP contribution in [-0.4, -0.2) is 126 Å². The van der Waals surface area contributed by atoms with Gasteiger partial charge in [0.2, 0.25) is 17.7 Å². The van der Waals surface area contributed by atoms with Gasteiger partial charge >= 0.3 is 0 Å². The Kier molecular flexibility index (Phi) is 19.3. The molecule has 14 heteroatoms. The maximum atomic E-state index is 13.6. The van der Waals surface area contributed by atoms with E-state index in [1.54, 1.807) is 10.9 Å². The smallest absolute Gasteiger partial charge is 0.247 e.